The second kappa shape index (κ2) is 2.75. The van der Waals surface area contributed by atoms with Crippen molar-refractivity contribution < 1.29 is 4.42 Å². The number of furan rings is 1. The normalized spacial score (nSPS) is 11.2. The number of para-hydroxylation sites is 1. The number of benzene rings is 1. The first kappa shape index (κ1) is 7.88. The Morgan fingerprint density at radius 1 is 1.14 bits per heavy atom. The van der Waals surface area contributed by atoms with Gasteiger partial charge in [-0.15, -0.1) is 12.6 Å². The highest BCUT2D eigenvalue weighted by atomic mass is 32.1. The monoisotopic (exact) mass is 201 g/mol. The molecule has 3 aromatic rings. The van der Waals surface area contributed by atoms with Gasteiger partial charge in [0.2, 0.25) is 0 Å². The van der Waals surface area contributed by atoms with E-state index in [9.17, 15) is 0 Å². The molecule has 2 nitrogen and oxygen atoms in total. The van der Waals surface area contributed by atoms with Crippen molar-refractivity contribution in [2.45, 2.75) is 4.90 Å². The number of thiol groups is 1. The highest BCUT2D eigenvalue weighted by molar-refractivity contribution is 7.80. The zero-order valence-electron chi connectivity index (χ0n) is 7.27. The van der Waals surface area contributed by atoms with Crippen LogP contribution in [0, 0.1) is 0 Å². The van der Waals surface area contributed by atoms with Crippen molar-refractivity contribution in [3.63, 3.8) is 0 Å². The molecule has 0 saturated carbocycles. The minimum atomic E-state index is 0.809. The van der Waals surface area contributed by atoms with E-state index in [0.717, 1.165) is 26.8 Å². The summed E-state index contributed by atoms with van der Waals surface area (Å²) in [5, 5.41) is 2.18. The molecule has 0 amide bonds. The summed E-state index contributed by atoms with van der Waals surface area (Å²) in [4.78, 5) is 4.88. The van der Waals surface area contributed by atoms with Crippen LogP contribution in [0.15, 0.2) is 46.0 Å². The lowest BCUT2D eigenvalue weighted by atomic mass is 10.2. The zero-order chi connectivity index (χ0) is 9.54. The van der Waals surface area contributed by atoms with Crippen LogP contribution in [0.5, 0.6) is 0 Å². The Balaban J connectivity index is 2.63. The standard InChI is InChI=1S/C11H7NOS/c14-10-3-1-2-8-7-4-5-12-6-9(7)13-11(8)10/h1-6,14H. The Hall–Kier alpha value is -1.48. The van der Waals surface area contributed by atoms with E-state index >= 15 is 0 Å². The molecule has 0 aliphatic rings. The summed E-state index contributed by atoms with van der Waals surface area (Å²) in [5.74, 6) is 0. The van der Waals surface area contributed by atoms with Crippen molar-refractivity contribution in [2.75, 3.05) is 0 Å². The molecule has 2 heterocycles. The molecule has 0 spiro atoms. The van der Waals surface area contributed by atoms with Gasteiger partial charge >= 0.3 is 0 Å². The predicted molar refractivity (Wildman–Crippen MR) is 58.8 cm³/mol. The van der Waals surface area contributed by atoms with Crippen LogP contribution in [0.3, 0.4) is 0 Å². The molecule has 0 aliphatic heterocycles. The predicted octanol–water partition coefficient (Wildman–Crippen LogP) is 3.27. The number of fused-ring (bicyclic) bond motifs is 3. The molecule has 68 valence electrons. The van der Waals surface area contributed by atoms with Crippen LogP contribution in [-0.2, 0) is 0 Å². The fraction of sp³-hybridized carbons (Fsp3) is 0. The van der Waals surface area contributed by atoms with Gasteiger partial charge in [0.15, 0.2) is 5.58 Å². The molecule has 0 radical (unpaired) electrons. The van der Waals surface area contributed by atoms with Crippen LogP contribution < -0.4 is 0 Å². The van der Waals surface area contributed by atoms with Crippen LogP contribution in [0.25, 0.3) is 21.9 Å². The second-order valence-electron chi connectivity index (χ2n) is 3.13. The number of hydrogen-bond donors (Lipinski definition) is 1. The van der Waals surface area contributed by atoms with E-state index in [0.29, 0.717) is 0 Å². The van der Waals surface area contributed by atoms with E-state index < -0.39 is 0 Å². The minimum absolute atomic E-state index is 0.809. The first-order valence-corrected chi connectivity index (χ1v) is 4.75. The molecule has 2 aromatic heterocycles. The average Bonchev–Trinajstić information content (AvgIpc) is 2.59. The molecular formula is C11H7NOS. The van der Waals surface area contributed by atoms with Gasteiger partial charge in [-0.3, -0.25) is 4.98 Å². The number of rotatable bonds is 0. The molecule has 0 bridgehead atoms. The lowest BCUT2D eigenvalue weighted by Crippen LogP contribution is -1.68. The number of hydrogen-bond acceptors (Lipinski definition) is 3. The van der Waals surface area contributed by atoms with E-state index in [1.165, 1.54) is 0 Å². The summed E-state index contributed by atoms with van der Waals surface area (Å²) in [6.45, 7) is 0. The fourth-order valence-corrected chi connectivity index (χ4v) is 1.89. The third-order valence-electron chi connectivity index (χ3n) is 2.28. The summed E-state index contributed by atoms with van der Waals surface area (Å²) < 4.78 is 5.64. The van der Waals surface area contributed by atoms with Gasteiger partial charge in [-0.25, -0.2) is 0 Å². The van der Waals surface area contributed by atoms with E-state index in [4.69, 9.17) is 4.42 Å². The molecule has 1 aromatic carbocycles. The summed E-state index contributed by atoms with van der Waals surface area (Å²) in [7, 11) is 0. The maximum absolute atomic E-state index is 5.64. The minimum Gasteiger partial charge on any atom is -0.453 e. The maximum Gasteiger partial charge on any atom is 0.153 e. The summed E-state index contributed by atoms with van der Waals surface area (Å²) in [6.07, 6.45) is 3.49. The van der Waals surface area contributed by atoms with Gasteiger partial charge in [0.05, 0.1) is 6.20 Å². The molecule has 0 unspecified atom stereocenters. The Labute approximate surface area is 86.0 Å². The molecule has 3 rings (SSSR count). The molecule has 0 aliphatic carbocycles. The Bertz CT molecular complexity index is 615. The van der Waals surface area contributed by atoms with E-state index in [-0.39, 0.29) is 0 Å². The average molecular weight is 201 g/mol. The van der Waals surface area contributed by atoms with Crippen molar-refractivity contribution in [3.8, 4) is 0 Å². The summed E-state index contributed by atoms with van der Waals surface area (Å²) in [5.41, 5.74) is 1.64. The van der Waals surface area contributed by atoms with Gasteiger partial charge in [-0.1, -0.05) is 12.1 Å². The van der Waals surface area contributed by atoms with Crippen LogP contribution in [0.4, 0.5) is 0 Å². The third-order valence-corrected chi connectivity index (χ3v) is 2.63. The molecule has 0 atom stereocenters. The fourth-order valence-electron chi connectivity index (χ4n) is 1.64. The molecule has 0 fully saturated rings. The lowest BCUT2D eigenvalue weighted by molar-refractivity contribution is 0.658. The molecule has 0 N–H and O–H groups in total. The molecule has 3 heteroatoms. The summed E-state index contributed by atoms with van der Waals surface area (Å²) in [6, 6.07) is 7.87. The Kier molecular flexibility index (Phi) is 1.55. The van der Waals surface area contributed by atoms with E-state index in [2.05, 4.69) is 17.6 Å². The van der Waals surface area contributed by atoms with Gasteiger partial charge in [0, 0.05) is 21.9 Å². The highest BCUT2D eigenvalue weighted by Gasteiger charge is 2.07. The quantitative estimate of drug-likeness (QED) is 0.565. The van der Waals surface area contributed by atoms with Crippen molar-refractivity contribution in [1.29, 1.82) is 0 Å². The van der Waals surface area contributed by atoms with Crippen LogP contribution in [0.2, 0.25) is 0 Å². The van der Waals surface area contributed by atoms with Gasteiger partial charge in [0.1, 0.15) is 5.58 Å². The first-order chi connectivity index (χ1) is 6.86. The molecule has 0 saturated heterocycles. The van der Waals surface area contributed by atoms with Crippen molar-refractivity contribution >= 4 is 34.6 Å². The van der Waals surface area contributed by atoms with Crippen LogP contribution in [0.1, 0.15) is 0 Å². The van der Waals surface area contributed by atoms with Gasteiger partial charge in [-0.05, 0) is 12.1 Å². The molecule has 14 heavy (non-hydrogen) atoms. The van der Waals surface area contributed by atoms with Crippen molar-refractivity contribution in [3.05, 3.63) is 36.7 Å². The number of pyridine rings is 1. The smallest absolute Gasteiger partial charge is 0.153 e. The Morgan fingerprint density at radius 3 is 3.00 bits per heavy atom. The van der Waals surface area contributed by atoms with Gasteiger partial charge in [0.25, 0.3) is 0 Å². The van der Waals surface area contributed by atoms with Crippen LogP contribution in [-0.4, -0.2) is 4.98 Å². The van der Waals surface area contributed by atoms with Crippen molar-refractivity contribution in [2.24, 2.45) is 0 Å². The SMILES string of the molecule is Sc1cccc2c1oc1cnccc12. The van der Waals surface area contributed by atoms with Crippen LogP contribution >= 0.6 is 12.6 Å². The van der Waals surface area contributed by atoms with E-state index in [1.54, 1.807) is 12.4 Å². The molecular weight excluding hydrogens is 194 g/mol. The maximum atomic E-state index is 5.64. The third kappa shape index (κ3) is 0.960. The lowest BCUT2D eigenvalue weighted by Gasteiger charge is -1.90. The Morgan fingerprint density at radius 2 is 2.07 bits per heavy atom. The number of nitrogens with zero attached hydrogens (tertiary/aromatic N) is 1. The second-order valence-corrected chi connectivity index (χ2v) is 3.61. The summed E-state index contributed by atoms with van der Waals surface area (Å²) >= 11 is 4.35. The highest BCUT2D eigenvalue weighted by Crippen LogP contribution is 2.31. The van der Waals surface area contributed by atoms with Gasteiger partial charge < -0.3 is 4.42 Å². The number of aromatic nitrogens is 1. The first-order valence-electron chi connectivity index (χ1n) is 4.30. The van der Waals surface area contributed by atoms with Crippen molar-refractivity contribution in [1.82, 2.24) is 4.98 Å². The largest absolute Gasteiger partial charge is 0.453 e. The van der Waals surface area contributed by atoms with E-state index in [1.807, 2.05) is 24.3 Å². The topological polar surface area (TPSA) is 26.0 Å². The van der Waals surface area contributed by atoms with Gasteiger partial charge in [-0.2, -0.15) is 0 Å². The zero-order valence-corrected chi connectivity index (χ0v) is 8.16.